The van der Waals surface area contributed by atoms with Gasteiger partial charge in [0, 0.05) is 13.1 Å². The highest BCUT2D eigenvalue weighted by atomic mass is 35.5. The zero-order chi connectivity index (χ0) is 13.8. The average molecular weight is 302 g/mol. The van der Waals surface area contributed by atoms with Gasteiger partial charge in [-0.25, -0.2) is 0 Å². The van der Waals surface area contributed by atoms with Gasteiger partial charge in [-0.3, -0.25) is 14.5 Å². The highest BCUT2D eigenvalue weighted by Crippen LogP contribution is 2.29. The Labute approximate surface area is 120 Å². The van der Waals surface area contributed by atoms with Crippen molar-refractivity contribution in [1.82, 2.24) is 10.2 Å². The largest absolute Gasteiger partial charge is 0.354 e. The van der Waals surface area contributed by atoms with Crippen molar-refractivity contribution in [3.05, 3.63) is 28.2 Å². The summed E-state index contributed by atoms with van der Waals surface area (Å²) in [6, 6.07) is 5.00. The molecule has 0 aromatic heterocycles. The molecule has 102 valence electrons. The van der Waals surface area contributed by atoms with Gasteiger partial charge >= 0.3 is 0 Å². The molecule has 0 radical (unpaired) electrons. The monoisotopic (exact) mass is 301 g/mol. The van der Waals surface area contributed by atoms with E-state index in [0.717, 1.165) is 0 Å². The van der Waals surface area contributed by atoms with Gasteiger partial charge in [0.1, 0.15) is 0 Å². The van der Waals surface area contributed by atoms with E-state index in [0.29, 0.717) is 28.8 Å². The van der Waals surface area contributed by atoms with E-state index in [-0.39, 0.29) is 24.9 Å². The molecule has 1 aliphatic heterocycles. The molecular weight excluding hydrogens is 289 g/mol. The molecule has 0 atom stereocenters. The number of para-hydroxylation sites is 1. The predicted octanol–water partition coefficient (Wildman–Crippen LogP) is 1.36. The van der Waals surface area contributed by atoms with Gasteiger partial charge in [0.05, 0.1) is 28.8 Å². The van der Waals surface area contributed by atoms with Crippen molar-refractivity contribution in [3.8, 4) is 0 Å². The lowest BCUT2D eigenvalue weighted by molar-refractivity contribution is -0.125. The Balaban J connectivity index is 1.96. The fraction of sp³-hybridized carbons (Fsp3) is 0.333. The topological polar surface area (TPSA) is 61.4 Å². The quantitative estimate of drug-likeness (QED) is 0.886. The minimum absolute atomic E-state index is 0.0742. The van der Waals surface area contributed by atoms with Gasteiger partial charge in [-0.1, -0.05) is 29.3 Å². The van der Waals surface area contributed by atoms with E-state index in [1.165, 1.54) is 0 Å². The van der Waals surface area contributed by atoms with Crippen LogP contribution in [0.2, 0.25) is 10.0 Å². The van der Waals surface area contributed by atoms with Gasteiger partial charge in [-0.15, -0.1) is 0 Å². The minimum Gasteiger partial charge on any atom is -0.354 e. The Morgan fingerprint density at radius 3 is 2.68 bits per heavy atom. The molecule has 1 aromatic carbocycles. The number of amides is 2. The van der Waals surface area contributed by atoms with Crippen molar-refractivity contribution in [2.75, 3.05) is 31.5 Å². The molecule has 0 bridgehead atoms. The van der Waals surface area contributed by atoms with Crippen molar-refractivity contribution in [3.63, 3.8) is 0 Å². The normalized spacial score (nSPS) is 16.0. The van der Waals surface area contributed by atoms with Crippen LogP contribution in [0.25, 0.3) is 0 Å². The second kappa shape index (κ2) is 6.23. The molecule has 1 aliphatic rings. The maximum atomic E-state index is 11.9. The fourth-order valence-electron chi connectivity index (χ4n) is 1.83. The van der Waals surface area contributed by atoms with Crippen LogP contribution in [0, 0.1) is 0 Å². The van der Waals surface area contributed by atoms with Gasteiger partial charge in [0.15, 0.2) is 0 Å². The molecule has 2 N–H and O–H groups in total. The predicted molar refractivity (Wildman–Crippen MR) is 74.5 cm³/mol. The Morgan fingerprint density at radius 1 is 1.37 bits per heavy atom. The standard InChI is InChI=1S/C12H13Cl2N3O2/c13-8-2-1-3-9(14)12(8)16-11(19)7-17-5-4-15-10(18)6-17/h1-3H,4-7H2,(H,15,18)(H,16,19). The summed E-state index contributed by atoms with van der Waals surface area (Å²) in [5.41, 5.74) is 0.400. The van der Waals surface area contributed by atoms with Crippen molar-refractivity contribution in [2.45, 2.75) is 0 Å². The molecule has 0 aliphatic carbocycles. The van der Waals surface area contributed by atoms with Gasteiger partial charge in [-0.2, -0.15) is 0 Å². The van der Waals surface area contributed by atoms with E-state index in [1.54, 1.807) is 23.1 Å². The first-order valence-electron chi connectivity index (χ1n) is 5.79. The molecule has 2 amide bonds. The van der Waals surface area contributed by atoms with Crippen LogP contribution >= 0.6 is 23.2 Å². The molecule has 1 heterocycles. The molecule has 1 aromatic rings. The Hall–Kier alpha value is -1.30. The molecule has 1 saturated heterocycles. The smallest absolute Gasteiger partial charge is 0.238 e. The number of nitrogens with zero attached hydrogens (tertiary/aromatic N) is 1. The maximum Gasteiger partial charge on any atom is 0.238 e. The van der Waals surface area contributed by atoms with Crippen LogP contribution in [0.3, 0.4) is 0 Å². The van der Waals surface area contributed by atoms with Gasteiger partial charge in [0.25, 0.3) is 0 Å². The zero-order valence-electron chi connectivity index (χ0n) is 10.1. The van der Waals surface area contributed by atoms with Gasteiger partial charge in [-0.05, 0) is 12.1 Å². The Kier molecular flexibility index (Phi) is 4.63. The number of benzene rings is 1. The highest BCUT2D eigenvalue weighted by molar-refractivity contribution is 6.39. The molecular formula is C12H13Cl2N3O2. The lowest BCUT2D eigenvalue weighted by Gasteiger charge is -2.25. The minimum atomic E-state index is -0.246. The van der Waals surface area contributed by atoms with Crippen LogP contribution < -0.4 is 10.6 Å². The first-order chi connectivity index (χ1) is 9.06. The number of rotatable bonds is 3. The van der Waals surface area contributed by atoms with E-state index < -0.39 is 0 Å². The van der Waals surface area contributed by atoms with E-state index in [4.69, 9.17) is 23.2 Å². The summed E-state index contributed by atoms with van der Waals surface area (Å²) >= 11 is 11.9. The Bertz CT molecular complexity index is 487. The summed E-state index contributed by atoms with van der Waals surface area (Å²) < 4.78 is 0. The number of hydrogen-bond acceptors (Lipinski definition) is 3. The summed E-state index contributed by atoms with van der Waals surface area (Å²) in [6.45, 7) is 1.56. The molecule has 19 heavy (non-hydrogen) atoms. The van der Waals surface area contributed by atoms with Crippen molar-refractivity contribution < 1.29 is 9.59 Å². The summed E-state index contributed by atoms with van der Waals surface area (Å²) in [7, 11) is 0. The molecule has 2 rings (SSSR count). The average Bonchev–Trinajstić information content (AvgIpc) is 2.34. The van der Waals surface area contributed by atoms with E-state index >= 15 is 0 Å². The van der Waals surface area contributed by atoms with E-state index in [9.17, 15) is 9.59 Å². The van der Waals surface area contributed by atoms with Crippen LogP contribution in [-0.2, 0) is 9.59 Å². The number of anilines is 1. The van der Waals surface area contributed by atoms with Crippen molar-refractivity contribution in [2.24, 2.45) is 0 Å². The number of carbonyl (C=O) groups is 2. The van der Waals surface area contributed by atoms with Crippen molar-refractivity contribution in [1.29, 1.82) is 0 Å². The maximum absolute atomic E-state index is 11.9. The number of halogens is 2. The fourth-order valence-corrected chi connectivity index (χ4v) is 2.32. The number of piperazine rings is 1. The summed E-state index contributed by atoms with van der Waals surface area (Å²) in [5.74, 6) is -0.320. The lowest BCUT2D eigenvalue weighted by Crippen LogP contribution is -2.49. The van der Waals surface area contributed by atoms with Crippen LogP contribution in [0.5, 0.6) is 0 Å². The number of nitrogens with one attached hydrogen (secondary N) is 2. The van der Waals surface area contributed by atoms with Gasteiger partial charge in [0.2, 0.25) is 11.8 Å². The summed E-state index contributed by atoms with van der Waals surface area (Å²) in [5, 5.41) is 6.14. The molecule has 0 spiro atoms. The SMILES string of the molecule is O=C1CN(CC(=O)Nc2c(Cl)cccc2Cl)CCN1. The Morgan fingerprint density at radius 2 is 2.05 bits per heavy atom. The number of hydrogen-bond donors (Lipinski definition) is 2. The van der Waals surface area contributed by atoms with Gasteiger partial charge < -0.3 is 10.6 Å². The highest BCUT2D eigenvalue weighted by Gasteiger charge is 2.19. The zero-order valence-corrected chi connectivity index (χ0v) is 11.6. The van der Waals surface area contributed by atoms with Crippen LogP contribution in [-0.4, -0.2) is 42.9 Å². The second-order valence-corrected chi connectivity index (χ2v) is 5.02. The third kappa shape index (κ3) is 3.83. The number of carbonyl (C=O) groups excluding carboxylic acids is 2. The second-order valence-electron chi connectivity index (χ2n) is 4.21. The third-order valence-corrected chi connectivity index (χ3v) is 3.34. The third-order valence-electron chi connectivity index (χ3n) is 2.71. The van der Waals surface area contributed by atoms with E-state index in [2.05, 4.69) is 10.6 Å². The molecule has 0 unspecified atom stereocenters. The first-order valence-corrected chi connectivity index (χ1v) is 6.55. The van der Waals surface area contributed by atoms with Crippen molar-refractivity contribution >= 4 is 40.7 Å². The molecule has 0 saturated carbocycles. The van der Waals surface area contributed by atoms with Crippen LogP contribution in [0.15, 0.2) is 18.2 Å². The van der Waals surface area contributed by atoms with Crippen LogP contribution in [0.1, 0.15) is 0 Å². The lowest BCUT2D eigenvalue weighted by atomic mass is 10.3. The van der Waals surface area contributed by atoms with Crippen LogP contribution in [0.4, 0.5) is 5.69 Å². The molecule has 7 heteroatoms. The first kappa shape index (κ1) is 14.1. The molecule has 1 fully saturated rings. The summed E-state index contributed by atoms with van der Waals surface area (Å²) in [6.07, 6.45) is 0. The molecule has 5 nitrogen and oxygen atoms in total. The summed E-state index contributed by atoms with van der Waals surface area (Å²) in [4.78, 5) is 24.8. The van der Waals surface area contributed by atoms with E-state index in [1.807, 2.05) is 0 Å².